The number of unbranched alkanes of at least 4 members (excludes halogenated alkanes) is 29. The number of amides is 1. The Morgan fingerprint density at radius 2 is 0.919 bits per heavy atom. The summed E-state index contributed by atoms with van der Waals surface area (Å²) in [5.41, 5.74) is -2.29. The molecule has 0 aromatic rings. The summed E-state index contributed by atoms with van der Waals surface area (Å²) in [6, 6.07) is -1.04. The first-order chi connectivity index (χ1) is 29.6. The van der Waals surface area contributed by atoms with Gasteiger partial charge >= 0.3 is 11.9 Å². The third kappa shape index (κ3) is 29.7. The van der Waals surface area contributed by atoms with Crippen LogP contribution in [0.3, 0.4) is 0 Å². The molecule has 1 aliphatic rings. The highest BCUT2D eigenvalue weighted by Crippen LogP contribution is 2.60. The van der Waals surface area contributed by atoms with Crippen molar-refractivity contribution < 1.29 is 33.3 Å². The molecule has 3 unspecified atom stereocenters. The summed E-state index contributed by atoms with van der Waals surface area (Å²) < 4.78 is 23.9. The molecule has 0 aromatic heterocycles. The minimum absolute atomic E-state index is 0.204. The zero-order valence-corrected chi connectivity index (χ0v) is 42.6. The molecule has 0 bridgehead atoms. The van der Waals surface area contributed by atoms with Crippen LogP contribution < -0.4 is 5.32 Å². The molecule has 1 N–H and O–H groups in total. The maximum atomic E-state index is 13.5. The van der Waals surface area contributed by atoms with Crippen LogP contribution in [-0.4, -0.2) is 60.5 Å². The number of carbonyl (C=O) groups excluding carboxylic acids is 3. The summed E-state index contributed by atoms with van der Waals surface area (Å²) in [6.07, 6.45) is 40.9. The predicted molar refractivity (Wildman–Crippen MR) is 260 cm³/mol. The molecule has 8 heteroatoms. The Bertz CT molecular complexity index is 1130. The summed E-state index contributed by atoms with van der Waals surface area (Å²) >= 11 is 0. The van der Waals surface area contributed by atoms with E-state index in [0.717, 1.165) is 38.5 Å². The van der Waals surface area contributed by atoms with Gasteiger partial charge in [-0.25, -0.2) is 4.79 Å². The number of hydrogen-bond donors (Lipinski definition) is 1. The van der Waals surface area contributed by atoms with E-state index >= 15 is 0 Å². The molecule has 1 saturated carbocycles. The molecule has 8 nitrogen and oxygen atoms in total. The molecular weight excluding hydrogens is 775 g/mol. The summed E-state index contributed by atoms with van der Waals surface area (Å²) in [7, 11) is 0. The second-order valence-corrected chi connectivity index (χ2v) is 21.2. The van der Waals surface area contributed by atoms with Crippen LogP contribution in [0.5, 0.6) is 0 Å². The van der Waals surface area contributed by atoms with Crippen LogP contribution in [0.25, 0.3) is 0 Å². The van der Waals surface area contributed by atoms with Crippen molar-refractivity contribution in [3.63, 3.8) is 0 Å². The van der Waals surface area contributed by atoms with Crippen molar-refractivity contribution in [1.29, 1.82) is 0 Å². The molecule has 0 aromatic carbocycles. The minimum Gasteiger partial charge on any atom is -0.464 e. The van der Waals surface area contributed by atoms with Crippen molar-refractivity contribution >= 4 is 17.8 Å². The van der Waals surface area contributed by atoms with Gasteiger partial charge in [-0.15, -0.1) is 0 Å². The molecule has 3 atom stereocenters. The first kappa shape index (κ1) is 58.3. The standard InChI is InChI=1S/C54H103NO7/c1-10-12-14-16-18-20-22-24-26-28-30-32-34-36-38-40-43-59-49(57)47(55-48(56)41-39-37-35-33-31-29-27-25-23-21-19-17-15-13-11-2)45-60-50(58)53(8)46-54(53,9)62-52(6,7)42-44-61-51(3,4)5/h47H,10-46H2,1-9H3,(H,55,56). The van der Waals surface area contributed by atoms with E-state index in [2.05, 4.69) is 19.2 Å². The fraction of sp³-hybridized carbons (Fsp3) is 0.944. The number of carbonyl (C=O) groups is 3. The number of hydrogen-bond acceptors (Lipinski definition) is 7. The highest BCUT2D eigenvalue weighted by atomic mass is 16.6. The van der Waals surface area contributed by atoms with Crippen molar-refractivity contribution in [3.8, 4) is 0 Å². The fourth-order valence-electron chi connectivity index (χ4n) is 8.66. The van der Waals surface area contributed by atoms with Gasteiger partial charge < -0.3 is 24.3 Å². The average Bonchev–Trinajstić information content (AvgIpc) is 3.76. The van der Waals surface area contributed by atoms with E-state index in [1.807, 2.05) is 48.5 Å². The van der Waals surface area contributed by atoms with Crippen LogP contribution >= 0.6 is 0 Å². The Morgan fingerprint density at radius 3 is 1.32 bits per heavy atom. The monoisotopic (exact) mass is 878 g/mol. The Balaban J connectivity index is 2.47. The Labute approximate surface area is 384 Å². The first-order valence-electron chi connectivity index (χ1n) is 26.6. The zero-order valence-electron chi connectivity index (χ0n) is 42.6. The van der Waals surface area contributed by atoms with Gasteiger partial charge in [0, 0.05) is 13.0 Å². The number of ether oxygens (including phenoxy) is 4. The van der Waals surface area contributed by atoms with Crippen molar-refractivity contribution in [2.75, 3.05) is 19.8 Å². The molecular formula is C54H103NO7. The first-order valence-corrected chi connectivity index (χ1v) is 26.6. The van der Waals surface area contributed by atoms with Crippen LogP contribution in [0.2, 0.25) is 0 Å². The van der Waals surface area contributed by atoms with Gasteiger partial charge in [-0.3, -0.25) is 9.59 Å². The summed E-state index contributed by atoms with van der Waals surface area (Å²) in [5.74, 6) is -1.16. The molecule has 0 spiro atoms. The quantitative estimate of drug-likeness (QED) is 0.0481. The van der Waals surface area contributed by atoms with Crippen LogP contribution in [0.4, 0.5) is 0 Å². The lowest BCUT2D eigenvalue weighted by molar-refractivity contribution is -0.163. The molecule has 1 amide bonds. The van der Waals surface area contributed by atoms with Crippen LogP contribution in [0, 0.1) is 5.41 Å². The number of rotatable bonds is 43. The SMILES string of the molecule is CCCCCCCCCCCCCCCCCCOC(=O)C(COC(=O)C1(C)CC1(C)OC(C)(C)CCOC(C)(C)C)NC(=O)CCCCCCCCCCCCCCCCC. The van der Waals surface area contributed by atoms with Crippen molar-refractivity contribution in [2.45, 2.75) is 303 Å². The van der Waals surface area contributed by atoms with Crippen molar-refractivity contribution in [3.05, 3.63) is 0 Å². The number of nitrogens with one attached hydrogen (secondary N) is 1. The van der Waals surface area contributed by atoms with Crippen LogP contribution in [0.1, 0.15) is 281 Å². The van der Waals surface area contributed by atoms with Gasteiger partial charge in [0.05, 0.1) is 28.8 Å². The third-order valence-corrected chi connectivity index (χ3v) is 13.2. The van der Waals surface area contributed by atoms with E-state index in [0.29, 0.717) is 32.5 Å². The molecule has 62 heavy (non-hydrogen) atoms. The maximum absolute atomic E-state index is 13.5. The molecule has 1 rings (SSSR count). The lowest BCUT2D eigenvalue weighted by Crippen LogP contribution is -2.46. The lowest BCUT2D eigenvalue weighted by Gasteiger charge is -2.32. The molecule has 1 aliphatic carbocycles. The van der Waals surface area contributed by atoms with E-state index in [1.54, 1.807) is 0 Å². The highest BCUT2D eigenvalue weighted by molar-refractivity contribution is 5.86. The average molecular weight is 878 g/mol. The van der Waals surface area contributed by atoms with Crippen molar-refractivity contribution in [2.24, 2.45) is 5.41 Å². The predicted octanol–water partition coefficient (Wildman–Crippen LogP) is 15.2. The fourth-order valence-corrected chi connectivity index (χ4v) is 8.66. The van der Waals surface area contributed by atoms with E-state index in [4.69, 9.17) is 18.9 Å². The van der Waals surface area contributed by atoms with E-state index < -0.39 is 34.6 Å². The second-order valence-electron chi connectivity index (χ2n) is 21.2. The van der Waals surface area contributed by atoms with Gasteiger partial charge in [-0.2, -0.15) is 0 Å². The van der Waals surface area contributed by atoms with Crippen LogP contribution in [-0.2, 0) is 33.3 Å². The van der Waals surface area contributed by atoms with Gasteiger partial charge in [0.1, 0.15) is 6.61 Å². The normalized spacial score (nSPS) is 18.1. The largest absolute Gasteiger partial charge is 0.464 e. The Morgan fingerprint density at radius 1 is 0.532 bits per heavy atom. The van der Waals surface area contributed by atoms with E-state index in [9.17, 15) is 14.4 Å². The van der Waals surface area contributed by atoms with E-state index in [-0.39, 0.29) is 18.1 Å². The van der Waals surface area contributed by atoms with Crippen LogP contribution in [0.15, 0.2) is 0 Å². The lowest BCUT2D eigenvalue weighted by atomic mass is 10.0. The Kier molecular flexibility index (Phi) is 32.6. The molecule has 0 radical (unpaired) electrons. The molecule has 0 aliphatic heterocycles. The van der Waals surface area contributed by atoms with Gasteiger partial charge in [0.2, 0.25) is 5.91 Å². The Hall–Kier alpha value is -1.67. The molecule has 1 fully saturated rings. The highest BCUT2D eigenvalue weighted by Gasteiger charge is 2.69. The number of esters is 2. The zero-order chi connectivity index (χ0) is 46.0. The van der Waals surface area contributed by atoms with E-state index in [1.165, 1.54) is 161 Å². The molecule has 0 saturated heterocycles. The minimum atomic E-state index is -1.04. The second kappa shape index (κ2) is 34.6. The summed E-state index contributed by atoms with van der Waals surface area (Å²) in [5, 5.41) is 2.86. The molecule has 366 valence electrons. The molecule has 0 heterocycles. The maximum Gasteiger partial charge on any atom is 0.332 e. The van der Waals surface area contributed by atoms with Crippen molar-refractivity contribution in [1.82, 2.24) is 5.32 Å². The third-order valence-electron chi connectivity index (χ3n) is 13.2. The van der Waals surface area contributed by atoms with Gasteiger partial charge in [-0.1, -0.05) is 200 Å². The smallest absolute Gasteiger partial charge is 0.332 e. The van der Waals surface area contributed by atoms with Gasteiger partial charge in [0.15, 0.2) is 6.04 Å². The topological polar surface area (TPSA) is 100 Å². The summed E-state index contributed by atoms with van der Waals surface area (Å²) in [6.45, 7) is 19.1. The van der Waals surface area contributed by atoms with Gasteiger partial charge in [-0.05, 0) is 74.1 Å². The summed E-state index contributed by atoms with van der Waals surface area (Å²) in [4.78, 5) is 40.0. The van der Waals surface area contributed by atoms with Gasteiger partial charge in [0.25, 0.3) is 0 Å².